The zero-order valence-electron chi connectivity index (χ0n) is 11.6. The second-order valence-corrected chi connectivity index (χ2v) is 5.26. The van der Waals surface area contributed by atoms with Crippen molar-refractivity contribution >= 4 is 11.8 Å². The van der Waals surface area contributed by atoms with Crippen molar-refractivity contribution in [2.24, 2.45) is 5.73 Å². The molecule has 1 aliphatic heterocycles. The zero-order chi connectivity index (χ0) is 15.6. The van der Waals surface area contributed by atoms with E-state index in [-0.39, 0.29) is 6.54 Å². The molecule has 2 amide bonds. The molecule has 0 aromatic rings. The van der Waals surface area contributed by atoms with Gasteiger partial charge in [-0.3, -0.25) is 14.9 Å². The Morgan fingerprint density at radius 2 is 2.10 bits per heavy atom. The first-order chi connectivity index (χ1) is 9.09. The fourth-order valence-corrected chi connectivity index (χ4v) is 2.18. The smallest absolute Gasteiger partial charge is 0.368 e. The number of amides is 2. The molecule has 3 N–H and O–H groups in total. The number of hydrogen-bond donors (Lipinski definition) is 2. The van der Waals surface area contributed by atoms with Crippen molar-refractivity contribution in [2.75, 3.05) is 13.1 Å². The summed E-state index contributed by atoms with van der Waals surface area (Å²) in [6.45, 7) is 2.09. The molecule has 0 aliphatic carbocycles. The second-order valence-electron chi connectivity index (χ2n) is 5.26. The van der Waals surface area contributed by atoms with Crippen molar-refractivity contribution in [2.45, 2.75) is 50.9 Å². The van der Waals surface area contributed by atoms with Crippen LogP contribution in [0.3, 0.4) is 0 Å². The SMILES string of the molecule is CC[C@](C)(N[C@H]1CCCN(CC(F)(F)F)C1=O)C(N)=O. The van der Waals surface area contributed by atoms with Gasteiger partial charge in [-0.15, -0.1) is 0 Å². The van der Waals surface area contributed by atoms with Crippen molar-refractivity contribution in [3.8, 4) is 0 Å². The molecule has 0 unspecified atom stereocenters. The number of alkyl halides is 3. The standard InChI is InChI=1S/C12H20F3N3O2/c1-3-11(2,10(16)20)17-8-5-4-6-18(9(8)19)7-12(13,14)15/h8,17H,3-7H2,1-2H3,(H2,16,20)/t8-,11-/m0/s1. The minimum atomic E-state index is -4.42. The van der Waals surface area contributed by atoms with Crippen molar-refractivity contribution < 1.29 is 22.8 Å². The molecular weight excluding hydrogens is 275 g/mol. The average Bonchev–Trinajstić information content (AvgIpc) is 2.32. The third-order valence-electron chi connectivity index (χ3n) is 3.64. The van der Waals surface area contributed by atoms with Gasteiger partial charge in [-0.2, -0.15) is 13.2 Å². The highest BCUT2D eigenvalue weighted by atomic mass is 19.4. The first-order valence-corrected chi connectivity index (χ1v) is 6.52. The maximum Gasteiger partial charge on any atom is 0.406 e. The Balaban J connectivity index is 2.76. The van der Waals surface area contributed by atoms with Gasteiger partial charge in [-0.05, 0) is 26.2 Å². The maximum atomic E-state index is 12.4. The molecule has 1 fully saturated rings. The average molecular weight is 295 g/mol. The third-order valence-corrected chi connectivity index (χ3v) is 3.64. The summed E-state index contributed by atoms with van der Waals surface area (Å²) in [4.78, 5) is 24.2. The topological polar surface area (TPSA) is 75.4 Å². The van der Waals surface area contributed by atoms with E-state index in [4.69, 9.17) is 5.73 Å². The highest BCUT2D eigenvalue weighted by Gasteiger charge is 2.40. The first-order valence-electron chi connectivity index (χ1n) is 6.52. The molecule has 0 saturated carbocycles. The van der Waals surface area contributed by atoms with Gasteiger partial charge in [-0.1, -0.05) is 6.92 Å². The van der Waals surface area contributed by atoms with Gasteiger partial charge in [0.25, 0.3) is 0 Å². The summed E-state index contributed by atoms with van der Waals surface area (Å²) in [5.74, 6) is -1.25. The van der Waals surface area contributed by atoms with Gasteiger partial charge in [0, 0.05) is 6.54 Å². The highest BCUT2D eigenvalue weighted by molar-refractivity contribution is 5.87. The van der Waals surface area contributed by atoms with Crippen LogP contribution in [-0.2, 0) is 9.59 Å². The molecule has 0 aromatic heterocycles. The normalized spacial score (nSPS) is 23.6. The van der Waals surface area contributed by atoms with Gasteiger partial charge >= 0.3 is 6.18 Å². The van der Waals surface area contributed by atoms with Crippen LogP contribution >= 0.6 is 0 Å². The number of hydrogen-bond acceptors (Lipinski definition) is 3. The molecule has 5 nitrogen and oxygen atoms in total. The van der Waals surface area contributed by atoms with Crippen molar-refractivity contribution in [1.82, 2.24) is 10.2 Å². The lowest BCUT2D eigenvalue weighted by molar-refractivity contribution is -0.165. The second kappa shape index (κ2) is 5.99. The van der Waals surface area contributed by atoms with Crippen LogP contribution in [0.15, 0.2) is 0 Å². The van der Waals surface area contributed by atoms with E-state index < -0.39 is 36.1 Å². The Kier molecular flexibility index (Phi) is 5.01. The fraction of sp³-hybridized carbons (Fsp3) is 0.833. The van der Waals surface area contributed by atoms with Gasteiger partial charge < -0.3 is 10.6 Å². The molecule has 8 heteroatoms. The van der Waals surface area contributed by atoms with Gasteiger partial charge in [0.15, 0.2) is 0 Å². The van der Waals surface area contributed by atoms with E-state index in [1.807, 2.05) is 0 Å². The van der Waals surface area contributed by atoms with Gasteiger partial charge in [0.2, 0.25) is 11.8 Å². The van der Waals surface area contributed by atoms with Gasteiger partial charge in [0.1, 0.15) is 6.54 Å². The van der Waals surface area contributed by atoms with Crippen LogP contribution in [0.5, 0.6) is 0 Å². The minimum Gasteiger partial charge on any atom is -0.368 e. The predicted molar refractivity (Wildman–Crippen MR) is 66.7 cm³/mol. The summed E-state index contributed by atoms with van der Waals surface area (Å²) in [5, 5.41) is 2.81. The zero-order valence-corrected chi connectivity index (χ0v) is 11.6. The summed E-state index contributed by atoms with van der Waals surface area (Å²) in [6.07, 6.45) is -3.21. The van der Waals surface area contributed by atoms with Crippen LogP contribution in [0, 0.1) is 0 Å². The van der Waals surface area contributed by atoms with Crippen molar-refractivity contribution in [1.29, 1.82) is 0 Å². The molecule has 1 heterocycles. The van der Waals surface area contributed by atoms with Crippen molar-refractivity contribution in [3.05, 3.63) is 0 Å². The van der Waals surface area contributed by atoms with E-state index in [2.05, 4.69) is 5.32 Å². The molecule has 1 aliphatic rings. The lowest BCUT2D eigenvalue weighted by Gasteiger charge is -2.37. The molecule has 1 rings (SSSR count). The van der Waals surface area contributed by atoms with E-state index >= 15 is 0 Å². The van der Waals surface area contributed by atoms with Crippen LogP contribution < -0.4 is 11.1 Å². The Bertz CT molecular complexity index is 387. The predicted octanol–water partition coefficient (Wildman–Crippen LogP) is 0.783. The number of carbonyl (C=O) groups is 2. The Morgan fingerprint density at radius 3 is 2.55 bits per heavy atom. The van der Waals surface area contributed by atoms with E-state index in [1.54, 1.807) is 13.8 Å². The number of rotatable bonds is 5. The molecule has 0 radical (unpaired) electrons. The summed E-state index contributed by atoms with van der Waals surface area (Å²) in [5.41, 5.74) is 4.18. The molecule has 20 heavy (non-hydrogen) atoms. The van der Waals surface area contributed by atoms with Crippen LogP contribution in [0.2, 0.25) is 0 Å². The number of carbonyl (C=O) groups excluding carboxylic acids is 2. The van der Waals surface area contributed by atoms with Crippen LogP contribution in [-0.4, -0.2) is 47.6 Å². The number of halogens is 3. The molecule has 0 aromatic carbocycles. The Morgan fingerprint density at radius 1 is 1.50 bits per heavy atom. The number of nitrogens with one attached hydrogen (secondary N) is 1. The fourth-order valence-electron chi connectivity index (χ4n) is 2.18. The largest absolute Gasteiger partial charge is 0.406 e. The van der Waals surface area contributed by atoms with Crippen LogP contribution in [0.1, 0.15) is 33.1 Å². The molecule has 2 atom stereocenters. The Hall–Kier alpha value is -1.31. The number of primary amides is 1. The van der Waals surface area contributed by atoms with Crippen LogP contribution in [0.4, 0.5) is 13.2 Å². The minimum absolute atomic E-state index is 0.0793. The lowest BCUT2D eigenvalue weighted by Crippen LogP contribution is -2.62. The molecule has 0 spiro atoms. The quantitative estimate of drug-likeness (QED) is 0.787. The summed E-state index contributed by atoms with van der Waals surface area (Å²) in [6, 6.07) is -0.802. The first kappa shape index (κ1) is 16.7. The lowest BCUT2D eigenvalue weighted by atomic mass is 9.94. The Labute approximate surface area is 115 Å². The highest BCUT2D eigenvalue weighted by Crippen LogP contribution is 2.22. The van der Waals surface area contributed by atoms with E-state index in [1.165, 1.54) is 0 Å². The summed E-state index contributed by atoms with van der Waals surface area (Å²) < 4.78 is 37.2. The maximum absolute atomic E-state index is 12.4. The van der Waals surface area contributed by atoms with E-state index in [0.29, 0.717) is 19.3 Å². The van der Waals surface area contributed by atoms with Crippen molar-refractivity contribution in [3.63, 3.8) is 0 Å². The third kappa shape index (κ3) is 4.09. The number of piperidine rings is 1. The monoisotopic (exact) mass is 295 g/mol. The van der Waals surface area contributed by atoms with E-state index in [0.717, 1.165) is 4.90 Å². The van der Waals surface area contributed by atoms with Crippen LogP contribution in [0.25, 0.3) is 0 Å². The number of nitrogens with two attached hydrogens (primary N) is 1. The van der Waals surface area contributed by atoms with E-state index in [9.17, 15) is 22.8 Å². The summed E-state index contributed by atoms with van der Waals surface area (Å²) >= 11 is 0. The van der Waals surface area contributed by atoms with Gasteiger partial charge in [0.05, 0.1) is 11.6 Å². The number of likely N-dealkylation sites (tertiary alicyclic amines) is 1. The molecular formula is C12H20F3N3O2. The molecule has 116 valence electrons. The summed E-state index contributed by atoms with van der Waals surface area (Å²) in [7, 11) is 0. The molecule has 0 bridgehead atoms. The number of nitrogens with zero attached hydrogens (tertiary/aromatic N) is 1. The van der Waals surface area contributed by atoms with Gasteiger partial charge in [-0.25, -0.2) is 0 Å². The molecule has 1 saturated heterocycles.